The van der Waals surface area contributed by atoms with Crippen molar-refractivity contribution in [2.24, 2.45) is 10.9 Å². The molecule has 2 rings (SSSR count). The molecule has 1 heterocycles. The molecular formula is C13H15F3N2S. The molecule has 0 saturated carbocycles. The van der Waals surface area contributed by atoms with Crippen LogP contribution in [0.2, 0.25) is 0 Å². The molecule has 0 bridgehead atoms. The molecule has 19 heavy (non-hydrogen) atoms. The predicted octanol–water partition coefficient (Wildman–Crippen LogP) is 3.53. The fourth-order valence-electron chi connectivity index (χ4n) is 1.70. The Morgan fingerprint density at radius 3 is 2.84 bits per heavy atom. The largest absolute Gasteiger partial charge is 0.416 e. The van der Waals surface area contributed by atoms with Crippen molar-refractivity contribution in [2.45, 2.75) is 19.6 Å². The van der Waals surface area contributed by atoms with Crippen molar-refractivity contribution < 1.29 is 13.2 Å². The van der Waals surface area contributed by atoms with Gasteiger partial charge in [-0.3, -0.25) is 4.99 Å². The molecule has 1 atom stereocenters. The molecule has 1 aromatic rings. The second-order valence-electron chi connectivity index (χ2n) is 4.61. The monoisotopic (exact) mass is 288 g/mol. The second kappa shape index (κ2) is 5.86. The van der Waals surface area contributed by atoms with Crippen LogP contribution < -0.4 is 5.32 Å². The standard InChI is InChI=1S/C13H15F3N2S/c1-9-6-17-12(19-8-9)18-7-10-3-2-4-11(5-10)13(14,15)16/h2-5,9H,6-8H2,1H3,(H,17,18). The van der Waals surface area contributed by atoms with E-state index in [2.05, 4.69) is 17.2 Å². The molecule has 2 nitrogen and oxygen atoms in total. The van der Waals surface area contributed by atoms with Gasteiger partial charge in [0.05, 0.1) is 5.56 Å². The Kier molecular flexibility index (Phi) is 4.39. The molecule has 0 fully saturated rings. The van der Waals surface area contributed by atoms with Crippen LogP contribution in [0.4, 0.5) is 13.2 Å². The molecule has 0 spiro atoms. The first kappa shape index (κ1) is 14.2. The van der Waals surface area contributed by atoms with Crippen molar-refractivity contribution in [2.75, 3.05) is 12.3 Å². The lowest BCUT2D eigenvalue weighted by atomic mass is 10.1. The van der Waals surface area contributed by atoms with Crippen LogP contribution in [-0.4, -0.2) is 17.5 Å². The van der Waals surface area contributed by atoms with E-state index >= 15 is 0 Å². The third-order valence-electron chi connectivity index (χ3n) is 2.75. The van der Waals surface area contributed by atoms with E-state index in [9.17, 15) is 13.2 Å². The summed E-state index contributed by atoms with van der Waals surface area (Å²) in [5.41, 5.74) is -0.00425. The molecule has 0 radical (unpaired) electrons. The number of nitrogens with zero attached hydrogens (tertiary/aromatic N) is 1. The van der Waals surface area contributed by atoms with Gasteiger partial charge >= 0.3 is 6.18 Å². The minimum atomic E-state index is -4.29. The van der Waals surface area contributed by atoms with Crippen LogP contribution in [-0.2, 0) is 12.7 Å². The van der Waals surface area contributed by atoms with Crippen LogP contribution in [0.3, 0.4) is 0 Å². The third-order valence-corrected chi connectivity index (χ3v) is 4.03. The molecule has 0 amide bonds. The van der Waals surface area contributed by atoms with Crippen molar-refractivity contribution in [1.29, 1.82) is 0 Å². The Labute approximate surface area is 114 Å². The topological polar surface area (TPSA) is 24.4 Å². The number of rotatable bonds is 2. The van der Waals surface area contributed by atoms with Crippen molar-refractivity contribution in [3.05, 3.63) is 35.4 Å². The van der Waals surface area contributed by atoms with Gasteiger partial charge in [-0.2, -0.15) is 13.2 Å². The van der Waals surface area contributed by atoms with Gasteiger partial charge in [-0.1, -0.05) is 30.8 Å². The number of halogens is 3. The average molecular weight is 288 g/mol. The summed E-state index contributed by atoms with van der Waals surface area (Å²) in [6.07, 6.45) is -4.29. The molecule has 1 aliphatic heterocycles. The van der Waals surface area contributed by atoms with Gasteiger partial charge in [0.1, 0.15) is 0 Å². The summed E-state index contributed by atoms with van der Waals surface area (Å²) in [6.45, 7) is 3.27. The first-order valence-corrected chi connectivity index (χ1v) is 7.01. The van der Waals surface area contributed by atoms with Crippen LogP contribution in [0.15, 0.2) is 29.3 Å². The summed E-state index contributed by atoms with van der Waals surface area (Å²) in [5, 5.41) is 3.90. The lowest BCUT2D eigenvalue weighted by molar-refractivity contribution is -0.137. The average Bonchev–Trinajstić information content (AvgIpc) is 2.37. The molecule has 1 aliphatic rings. The Hall–Kier alpha value is -1.17. The minimum Gasteiger partial charge on any atom is -0.361 e. The highest BCUT2D eigenvalue weighted by Gasteiger charge is 2.30. The summed E-state index contributed by atoms with van der Waals surface area (Å²) < 4.78 is 37.7. The van der Waals surface area contributed by atoms with Crippen molar-refractivity contribution in [3.8, 4) is 0 Å². The molecular weight excluding hydrogens is 273 g/mol. The normalized spacial score (nSPS) is 20.0. The zero-order chi connectivity index (χ0) is 13.9. The number of hydrogen-bond acceptors (Lipinski definition) is 3. The molecule has 104 valence electrons. The number of amidine groups is 1. The summed E-state index contributed by atoms with van der Waals surface area (Å²) in [7, 11) is 0. The maximum Gasteiger partial charge on any atom is 0.416 e. The van der Waals surface area contributed by atoms with Crippen molar-refractivity contribution in [3.63, 3.8) is 0 Å². The maximum atomic E-state index is 12.6. The Bertz CT molecular complexity index is 471. The maximum absolute atomic E-state index is 12.6. The molecule has 1 N–H and O–H groups in total. The summed E-state index contributed by atoms with van der Waals surface area (Å²) in [4.78, 5) is 4.34. The predicted molar refractivity (Wildman–Crippen MR) is 72.2 cm³/mol. The van der Waals surface area contributed by atoms with Gasteiger partial charge in [-0.25, -0.2) is 0 Å². The van der Waals surface area contributed by atoms with Crippen molar-refractivity contribution >= 4 is 16.9 Å². The highest BCUT2D eigenvalue weighted by Crippen LogP contribution is 2.29. The SMILES string of the molecule is CC1CN=C(NCc2cccc(C(F)(F)F)c2)SC1. The quantitative estimate of drug-likeness (QED) is 0.900. The third kappa shape index (κ3) is 4.16. The zero-order valence-corrected chi connectivity index (χ0v) is 11.3. The van der Waals surface area contributed by atoms with E-state index in [-0.39, 0.29) is 0 Å². The molecule has 0 aromatic heterocycles. The number of aliphatic imine (C=N–C) groups is 1. The first-order chi connectivity index (χ1) is 8.95. The fourth-order valence-corrected chi connectivity index (χ4v) is 2.59. The Balaban J connectivity index is 1.97. The molecule has 6 heteroatoms. The molecule has 0 aliphatic carbocycles. The number of alkyl halides is 3. The van der Waals surface area contributed by atoms with Gasteiger partial charge < -0.3 is 5.32 Å². The van der Waals surface area contributed by atoms with E-state index < -0.39 is 11.7 Å². The van der Waals surface area contributed by atoms with Gasteiger partial charge in [-0.05, 0) is 23.6 Å². The Morgan fingerprint density at radius 1 is 1.42 bits per heavy atom. The highest BCUT2D eigenvalue weighted by atomic mass is 32.2. The van der Waals surface area contributed by atoms with Gasteiger partial charge in [0.2, 0.25) is 0 Å². The molecule has 1 aromatic carbocycles. The summed E-state index contributed by atoms with van der Waals surface area (Å²) in [5.74, 6) is 1.55. The lowest BCUT2D eigenvalue weighted by Gasteiger charge is -2.18. The number of hydrogen-bond donors (Lipinski definition) is 1. The minimum absolute atomic E-state index is 0.365. The smallest absolute Gasteiger partial charge is 0.361 e. The number of benzene rings is 1. The van der Waals surface area contributed by atoms with Crippen LogP contribution in [0, 0.1) is 5.92 Å². The van der Waals surface area contributed by atoms with Crippen LogP contribution >= 0.6 is 11.8 Å². The van der Waals surface area contributed by atoms with E-state index in [1.165, 1.54) is 12.1 Å². The van der Waals surface area contributed by atoms with Gasteiger partial charge in [0, 0.05) is 18.8 Å². The van der Waals surface area contributed by atoms with E-state index in [1.54, 1.807) is 17.8 Å². The van der Waals surface area contributed by atoms with Gasteiger partial charge in [0.15, 0.2) is 5.17 Å². The van der Waals surface area contributed by atoms with Gasteiger partial charge in [0.25, 0.3) is 0 Å². The first-order valence-electron chi connectivity index (χ1n) is 6.02. The lowest BCUT2D eigenvalue weighted by Crippen LogP contribution is -2.25. The number of thioether (sulfide) groups is 1. The zero-order valence-electron chi connectivity index (χ0n) is 10.5. The van der Waals surface area contributed by atoms with Crippen LogP contribution in [0.5, 0.6) is 0 Å². The van der Waals surface area contributed by atoms with E-state index in [0.29, 0.717) is 18.0 Å². The second-order valence-corrected chi connectivity index (χ2v) is 5.62. The highest BCUT2D eigenvalue weighted by molar-refractivity contribution is 8.13. The van der Waals surface area contributed by atoms with E-state index in [4.69, 9.17) is 0 Å². The summed E-state index contributed by atoms with van der Waals surface area (Å²) in [6, 6.07) is 5.36. The van der Waals surface area contributed by atoms with E-state index in [0.717, 1.165) is 23.5 Å². The Morgan fingerprint density at radius 2 is 2.21 bits per heavy atom. The van der Waals surface area contributed by atoms with Crippen LogP contribution in [0.25, 0.3) is 0 Å². The van der Waals surface area contributed by atoms with E-state index in [1.807, 2.05) is 0 Å². The van der Waals surface area contributed by atoms with Crippen LogP contribution in [0.1, 0.15) is 18.1 Å². The molecule has 1 unspecified atom stereocenters. The molecule has 0 saturated heterocycles. The fraction of sp³-hybridized carbons (Fsp3) is 0.462. The van der Waals surface area contributed by atoms with Crippen molar-refractivity contribution in [1.82, 2.24) is 5.32 Å². The number of nitrogens with one attached hydrogen (secondary N) is 1. The summed E-state index contributed by atoms with van der Waals surface area (Å²) >= 11 is 1.62. The van der Waals surface area contributed by atoms with Gasteiger partial charge in [-0.15, -0.1) is 0 Å².